The lowest BCUT2D eigenvalue weighted by molar-refractivity contribution is 0.0725. The van der Waals surface area contributed by atoms with Gasteiger partial charge in [-0.3, -0.25) is 0 Å². The van der Waals surface area contributed by atoms with Crippen LogP contribution < -0.4 is 5.73 Å². The highest BCUT2D eigenvalue weighted by Crippen LogP contribution is 2.44. The largest absolute Gasteiger partial charge is 0.398 e. The van der Waals surface area contributed by atoms with Crippen LogP contribution in [-0.2, 0) is 4.74 Å². The number of aromatic nitrogens is 4. The molecule has 2 heterocycles. The Bertz CT molecular complexity index is 669. The normalized spacial score (nSPS) is 25.4. The molecule has 2 atom stereocenters. The average Bonchev–Trinajstić information content (AvgIpc) is 3.02. The van der Waals surface area contributed by atoms with E-state index in [9.17, 15) is 0 Å². The number of tetrazole rings is 1. The minimum atomic E-state index is 0.181. The molecule has 7 heteroatoms. The van der Waals surface area contributed by atoms with Crippen LogP contribution in [-0.4, -0.2) is 32.9 Å². The second kappa shape index (κ2) is 4.96. The van der Waals surface area contributed by atoms with Gasteiger partial charge in [0.2, 0.25) is 0 Å². The van der Waals surface area contributed by atoms with E-state index in [-0.39, 0.29) is 12.1 Å². The van der Waals surface area contributed by atoms with Gasteiger partial charge in [0.25, 0.3) is 0 Å². The fourth-order valence-electron chi connectivity index (χ4n) is 3.05. The Balaban J connectivity index is 1.75. The molecule has 0 spiro atoms. The summed E-state index contributed by atoms with van der Waals surface area (Å²) in [6.07, 6.45) is 3.61. The maximum Gasteiger partial charge on any atom is 0.184 e. The van der Waals surface area contributed by atoms with Crippen molar-refractivity contribution in [3.8, 4) is 11.4 Å². The van der Waals surface area contributed by atoms with Crippen molar-refractivity contribution in [1.82, 2.24) is 20.2 Å². The van der Waals surface area contributed by atoms with Crippen LogP contribution in [0.4, 0.5) is 5.69 Å². The highest BCUT2D eigenvalue weighted by molar-refractivity contribution is 6.31. The van der Waals surface area contributed by atoms with Crippen molar-refractivity contribution >= 4 is 17.3 Å². The number of nitrogens with zero attached hydrogens (tertiary/aromatic N) is 4. The first-order chi connectivity index (χ1) is 10.2. The topological polar surface area (TPSA) is 78.9 Å². The molecule has 2 fully saturated rings. The molecule has 0 bridgehead atoms. The monoisotopic (exact) mass is 305 g/mol. The number of hydrogen-bond donors (Lipinski definition) is 1. The zero-order valence-electron chi connectivity index (χ0n) is 11.4. The Hall–Kier alpha value is -1.66. The SMILES string of the molecule is Nc1ccc(Cl)cc1-c1nnnn1C1CCOC1C1CC1. The van der Waals surface area contributed by atoms with Crippen LogP contribution in [0.15, 0.2) is 18.2 Å². The third-order valence-electron chi connectivity index (χ3n) is 4.25. The highest BCUT2D eigenvalue weighted by Gasteiger charge is 2.43. The third-order valence-corrected chi connectivity index (χ3v) is 4.49. The molecule has 1 aliphatic carbocycles. The minimum absolute atomic E-state index is 0.181. The van der Waals surface area contributed by atoms with Gasteiger partial charge in [-0.2, -0.15) is 0 Å². The van der Waals surface area contributed by atoms with E-state index in [4.69, 9.17) is 22.1 Å². The number of benzene rings is 1. The lowest BCUT2D eigenvalue weighted by Gasteiger charge is -2.19. The molecule has 4 rings (SSSR count). The van der Waals surface area contributed by atoms with Crippen molar-refractivity contribution in [3.05, 3.63) is 23.2 Å². The van der Waals surface area contributed by atoms with Crippen LogP contribution >= 0.6 is 11.6 Å². The zero-order valence-corrected chi connectivity index (χ0v) is 12.2. The minimum Gasteiger partial charge on any atom is -0.398 e. The Labute approximate surface area is 127 Å². The first-order valence-corrected chi connectivity index (χ1v) is 7.56. The van der Waals surface area contributed by atoms with Gasteiger partial charge >= 0.3 is 0 Å². The van der Waals surface area contributed by atoms with E-state index >= 15 is 0 Å². The van der Waals surface area contributed by atoms with Gasteiger partial charge in [0.05, 0.1) is 12.1 Å². The fourth-order valence-corrected chi connectivity index (χ4v) is 3.23. The molecule has 21 heavy (non-hydrogen) atoms. The summed E-state index contributed by atoms with van der Waals surface area (Å²) in [6.45, 7) is 0.760. The molecule has 2 aromatic rings. The molecule has 0 radical (unpaired) electrons. The molecule has 2 aliphatic rings. The molecule has 1 saturated heterocycles. The molecule has 2 unspecified atom stereocenters. The molecular formula is C14H16ClN5O. The van der Waals surface area contributed by atoms with E-state index in [2.05, 4.69) is 15.5 Å². The van der Waals surface area contributed by atoms with Crippen LogP contribution in [0.2, 0.25) is 5.02 Å². The maximum atomic E-state index is 6.08. The standard InChI is InChI=1S/C14H16ClN5O/c15-9-3-4-11(16)10(7-9)14-17-18-19-20(14)12-5-6-21-13(12)8-1-2-8/h3-4,7-8,12-13H,1-2,5-6,16H2. The first kappa shape index (κ1) is 13.0. The van der Waals surface area contributed by atoms with E-state index in [1.807, 2.05) is 4.68 Å². The number of ether oxygens (including phenoxy) is 1. The zero-order chi connectivity index (χ0) is 14.4. The molecule has 6 nitrogen and oxygen atoms in total. The Morgan fingerprint density at radius 1 is 1.29 bits per heavy atom. The molecule has 2 N–H and O–H groups in total. The molecule has 1 saturated carbocycles. The predicted molar refractivity (Wildman–Crippen MR) is 78.8 cm³/mol. The summed E-state index contributed by atoms with van der Waals surface area (Å²) < 4.78 is 7.74. The molecule has 1 aromatic carbocycles. The van der Waals surface area contributed by atoms with Gasteiger partial charge < -0.3 is 10.5 Å². The summed E-state index contributed by atoms with van der Waals surface area (Å²) in [5, 5.41) is 12.8. The van der Waals surface area contributed by atoms with Crippen molar-refractivity contribution < 1.29 is 4.74 Å². The number of nitrogen functional groups attached to an aromatic ring is 1. The van der Waals surface area contributed by atoms with Crippen molar-refractivity contribution in [2.75, 3.05) is 12.3 Å². The van der Waals surface area contributed by atoms with Gasteiger partial charge in [0.15, 0.2) is 5.82 Å². The van der Waals surface area contributed by atoms with Crippen molar-refractivity contribution in [1.29, 1.82) is 0 Å². The lowest BCUT2D eigenvalue weighted by atomic mass is 10.1. The van der Waals surface area contributed by atoms with Crippen LogP contribution in [0.5, 0.6) is 0 Å². The van der Waals surface area contributed by atoms with E-state index < -0.39 is 0 Å². The predicted octanol–water partition coefficient (Wildman–Crippen LogP) is 2.32. The van der Waals surface area contributed by atoms with Crippen LogP contribution in [0, 0.1) is 5.92 Å². The molecule has 1 aromatic heterocycles. The van der Waals surface area contributed by atoms with Crippen LogP contribution in [0.25, 0.3) is 11.4 Å². The smallest absolute Gasteiger partial charge is 0.184 e. The van der Waals surface area contributed by atoms with Crippen molar-refractivity contribution in [2.45, 2.75) is 31.4 Å². The van der Waals surface area contributed by atoms with Gasteiger partial charge in [-0.25, -0.2) is 4.68 Å². The Morgan fingerprint density at radius 3 is 2.95 bits per heavy atom. The van der Waals surface area contributed by atoms with Crippen LogP contribution in [0.1, 0.15) is 25.3 Å². The quantitative estimate of drug-likeness (QED) is 0.880. The van der Waals surface area contributed by atoms with E-state index in [0.29, 0.717) is 22.5 Å². The average molecular weight is 306 g/mol. The highest BCUT2D eigenvalue weighted by atomic mass is 35.5. The van der Waals surface area contributed by atoms with Crippen molar-refractivity contribution in [3.63, 3.8) is 0 Å². The number of rotatable bonds is 3. The molecule has 110 valence electrons. The fraction of sp³-hybridized carbons (Fsp3) is 0.500. The van der Waals surface area contributed by atoms with Gasteiger partial charge in [-0.05, 0) is 53.8 Å². The summed E-state index contributed by atoms with van der Waals surface area (Å²) in [6, 6.07) is 5.53. The summed E-state index contributed by atoms with van der Waals surface area (Å²) in [5.74, 6) is 1.31. The summed E-state index contributed by atoms with van der Waals surface area (Å²) in [4.78, 5) is 0. The first-order valence-electron chi connectivity index (χ1n) is 7.19. The second-order valence-electron chi connectivity index (χ2n) is 5.71. The summed E-state index contributed by atoms with van der Waals surface area (Å²) in [5.41, 5.74) is 7.45. The summed E-state index contributed by atoms with van der Waals surface area (Å²) in [7, 11) is 0. The third kappa shape index (κ3) is 2.28. The van der Waals surface area contributed by atoms with Gasteiger partial charge in [0, 0.05) is 22.9 Å². The van der Waals surface area contributed by atoms with E-state index in [1.54, 1.807) is 18.2 Å². The lowest BCUT2D eigenvalue weighted by Crippen LogP contribution is -2.24. The van der Waals surface area contributed by atoms with Gasteiger partial charge in [0.1, 0.15) is 0 Å². The number of anilines is 1. The number of nitrogens with two attached hydrogens (primary N) is 1. The molecule has 0 amide bonds. The molecule has 1 aliphatic heterocycles. The van der Waals surface area contributed by atoms with E-state index in [1.165, 1.54) is 12.8 Å². The molecular weight excluding hydrogens is 290 g/mol. The Kier molecular flexibility index (Phi) is 3.08. The summed E-state index contributed by atoms with van der Waals surface area (Å²) >= 11 is 6.08. The number of hydrogen-bond acceptors (Lipinski definition) is 5. The van der Waals surface area contributed by atoms with Crippen molar-refractivity contribution in [2.24, 2.45) is 5.92 Å². The van der Waals surface area contributed by atoms with Gasteiger partial charge in [-0.1, -0.05) is 11.6 Å². The van der Waals surface area contributed by atoms with Crippen LogP contribution in [0.3, 0.4) is 0 Å². The van der Waals surface area contributed by atoms with E-state index in [0.717, 1.165) is 18.6 Å². The van der Waals surface area contributed by atoms with Gasteiger partial charge in [-0.15, -0.1) is 5.10 Å². The number of halogens is 1. The Morgan fingerprint density at radius 2 is 2.14 bits per heavy atom. The maximum absolute atomic E-state index is 6.08. The second-order valence-corrected chi connectivity index (χ2v) is 6.14.